The first-order valence-corrected chi connectivity index (χ1v) is 7.75. The molecule has 0 spiro atoms. The molecule has 1 aromatic carbocycles. The highest BCUT2D eigenvalue weighted by atomic mass is 16.4. The molecule has 116 valence electrons. The minimum Gasteiger partial charge on any atom is -0.508 e. The Morgan fingerprint density at radius 3 is 2.57 bits per heavy atom. The predicted octanol–water partition coefficient (Wildman–Crippen LogP) is 3.42. The number of piperidine rings is 1. The lowest BCUT2D eigenvalue weighted by Gasteiger charge is -2.41. The molecule has 4 nitrogen and oxygen atoms in total. The Bertz CT molecular complexity index is 493. The minimum absolute atomic E-state index is 0.200. The van der Waals surface area contributed by atoms with Crippen LogP contribution in [0, 0.1) is 5.41 Å². The van der Waals surface area contributed by atoms with E-state index in [2.05, 4.69) is 11.8 Å². The molecule has 1 aliphatic rings. The fourth-order valence-electron chi connectivity index (χ4n) is 3.38. The number of carboxylic acids is 1. The molecule has 0 saturated carbocycles. The van der Waals surface area contributed by atoms with Crippen molar-refractivity contribution in [2.45, 2.75) is 45.6 Å². The van der Waals surface area contributed by atoms with E-state index in [1.807, 2.05) is 19.1 Å². The third kappa shape index (κ3) is 3.38. The smallest absolute Gasteiger partial charge is 0.309 e. The van der Waals surface area contributed by atoms with Gasteiger partial charge in [0.1, 0.15) is 5.75 Å². The van der Waals surface area contributed by atoms with Crippen molar-refractivity contribution >= 4 is 5.97 Å². The van der Waals surface area contributed by atoms with Crippen molar-refractivity contribution < 1.29 is 15.0 Å². The van der Waals surface area contributed by atoms with Crippen molar-refractivity contribution in [1.29, 1.82) is 0 Å². The van der Waals surface area contributed by atoms with Crippen LogP contribution in [0.15, 0.2) is 24.3 Å². The molecule has 0 bridgehead atoms. The maximum atomic E-state index is 11.6. The van der Waals surface area contributed by atoms with E-state index in [1.54, 1.807) is 12.1 Å². The van der Waals surface area contributed by atoms with E-state index in [0.717, 1.165) is 31.5 Å². The molecule has 4 heteroatoms. The lowest BCUT2D eigenvalue weighted by molar-refractivity contribution is -0.153. The number of phenolic OH excluding ortho intramolecular Hbond substituents is 1. The number of carboxylic acid groups (broad SMARTS) is 1. The van der Waals surface area contributed by atoms with E-state index in [4.69, 9.17) is 0 Å². The highest BCUT2D eigenvalue weighted by Crippen LogP contribution is 2.39. The molecule has 1 aliphatic heterocycles. The Morgan fingerprint density at radius 1 is 1.38 bits per heavy atom. The number of nitrogens with zero attached hydrogens (tertiary/aromatic N) is 1. The molecule has 2 N–H and O–H groups in total. The zero-order valence-corrected chi connectivity index (χ0v) is 12.9. The first-order chi connectivity index (χ1) is 9.98. The SMILES string of the molecule is CCCC1(C(=O)O)CCN(C(C)c2cccc(O)c2)CC1. The molecule has 1 atom stereocenters. The summed E-state index contributed by atoms with van der Waals surface area (Å²) in [5.74, 6) is -0.365. The van der Waals surface area contributed by atoms with Gasteiger partial charge in [0.2, 0.25) is 0 Å². The van der Waals surface area contributed by atoms with Gasteiger partial charge < -0.3 is 10.2 Å². The fourth-order valence-corrected chi connectivity index (χ4v) is 3.38. The van der Waals surface area contributed by atoms with Gasteiger partial charge in [-0.05, 0) is 57.0 Å². The van der Waals surface area contributed by atoms with Crippen molar-refractivity contribution in [3.8, 4) is 5.75 Å². The molecular formula is C17H25NO3. The monoisotopic (exact) mass is 291 g/mol. The van der Waals surface area contributed by atoms with Gasteiger partial charge in [0.15, 0.2) is 0 Å². The van der Waals surface area contributed by atoms with E-state index >= 15 is 0 Å². The fraction of sp³-hybridized carbons (Fsp3) is 0.588. The third-order valence-electron chi connectivity index (χ3n) is 4.84. The second-order valence-electron chi connectivity index (χ2n) is 6.14. The van der Waals surface area contributed by atoms with Gasteiger partial charge in [0.25, 0.3) is 0 Å². The lowest BCUT2D eigenvalue weighted by Crippen LogP contribution is -2.45. The standard InChI is InChI=1S/C17H25NO3/c1-3-7-17(16(20)21)8-10-18(11-9-17)13(2)14-5-4-6-15(19)12-14/h4-6,12-13,19H,3,7-11H2,1-2H3,(H,20,21). The van der Waals surface area contributed by atoms with E-state index in [1.165, 1.54) is 0 Å². The Balaban J connectivity index is 2.04. The van der Waals surface area contributed by atoms with Gasteiger partial charge in [-0.1, -0.05) is 25.5 Å². The largest absolute Gasteiger partial charge is 0.508 e. The summed E-state index contributed by atoms with van der Waals surface area (Å²) in [5.41, 5.74) is 0.539. The molecule has 21 heavy (non-hydrogen) atoms. The number of benzene rings is 1. The van der Waals surface area contributed by atoms with E-state index in [-0.39, 0.29) is 11.8 Å². The average molecular weight is 291 g/mol. The first kappa shape index (κ1) is 15.8. The maximum absolute atomic E-state index is 11.6. The molecule has 1 saturated heterocycles. The van der Waals surface area contributed by atoms with Gasteiger partial charge in [-0.15, -0.1) is 0 Å². The normalized spacial score (nSPS) is 20.1. The second-order valence-corrected chi connectivity index (χ2v) is 6.14. The van der Waals surface area contributed by atoms with E-state index in [0.29, 0.717) is 12.8 Å². The van der Waals surface area contributed by atoms with Crippen LogP contribution >= 0.6 is 0 Å². The van der Waals surface area contributed by atoms with E-state index < -0.39 is 11.4 Å². The first-order valence-electron chi connectivity index (χ1n) is 7.75. The van der Waals surface area contributed by atoms with Crippen molar-refractivity contribution in [3.05, 3.63) is 29.8 Å². The highest BCUT2D eigenvalue weighted by Gasteiger charge is 2.41. The van der Waals surface area contributed by atoms with Crippen LogP contribution in [0.2, 0.25) is 0 Å². The van der Waals surface area contributed by atoms with Gasteiger partial charge in [0, 0.05) is 6.04 Å². The summed E-state index contributed by atoms with van der Waals surface area (Å²) in [5, 5.41) is 19.1. The van der Waals surface area contributed by atoms with Crippen molar-refractivity contribution in [1.82, 2.24) is 4.90 Å². The topological polar surface area (TPSA) is 60.8 Å². The number of hydrogen-bond donors (Lipinski definition) is 2. The zero-order chi connectivity index (χ0) is 15.5. The maximum Gasteiger partial charge on any atom is 0.309 e. The van der Waals surface area contributed by atoms with Crippen LogP contribution in [-0.2, 0) is 4.79 Å². The summed E-state index contributed by atoms with van der Waals surface area (Å²) in [6.45, 7) is 5.75. The van der Waals surface area contributed by atoms with Crippen molar-refractivity contribution in [2.24, 2.45) is 5.41 Å². The van der Waals surface area contributed by atoms with Gasteiger partial charge in [-0.2, -0.15) is 0 Å². The van der Waals surface area contributed by atoms with Gasteiger partial charge >= 0.3 is 5.97 Å². The highest BCUT2D eigenvalue weighted by molar-refractivity contribution is 5.74. The molecular weight excluding hydrogens is 266 g/mol. The predicted molar refractivity (Wildman–Crippen MR) is 82.3 cm³/mol. The van der Waals surface area contributed by atoms with Crippen molar-refractivity contribution in [3.63, 3.8) is 0 Å². The molecule has 1 heterocycles. The van der Waals surface area contributed by atoms with Gasteiger partial charge in [-0.25, -0.2) is 0 Å². The number of phenols is 1. The summed E-state index contributed by atoms with van der Waals surface area (Å²) in [6, 6.07) is 7.52. The Morgan fingerprint density at radius 2 is 2.05 bits per heavy atom. The molecule has 1 unspecified atom stereocenters. The Hall–Kier alpha value is -1.55. The third-order valence-corrected chi connectivity index (χ3v) is 4.84. The molecule has 1 fully saturated rings. The second kappa shape index (κ2) is 6.48. The number of hydrogen-bond acceptors (Lipinski definition) is 3. The van der Waals surface area contributed by atoms with Crippen LogP contribution in [0.5, 0.6) is 5.75 Å². The molecule has 1 aromatic rings. The number of carbonyl (C=O) groups is 1. The van der Waals surface area contributed by atoms with Crippen LogP contribution in [-0.4, -0.2) is 34.2 Å². The van der Waals surface area contributed by atoms with Crippen molar-refractivity contribution in [2.75, 3.05) is 13.1 Å². The molecule has 0 amide bonds. The summed E-state index contributed by atoms with van der Waals surface area (Å²) in [4.78, 5) is 13.9. The van der Waals surface area contributed by atoms with Gasteiger partial charge in [0.05, 0.1) is 5.41 Å². The van der Waals surface area contributed by atoms with Gasteiger partial charge in [-0.3, -0.25) is 9.69 Å². The van der Waals surface area contributed by atoms with E-state index in [9.17, 15) is 15.0 Å². The molecule has 0 aromatic heterocycles. The number of aliphatic carboxylic acids is 1. The summed E-state index contributed by atoms with van der Waals surface area (Å²) in [7, 11) is 0. The lowest BCUT2D eigenvalue weighted by atomic mass is 9.74. The molecule has 2 rings (SSSR count). The summed E-state index contributed by atoms with van der Waals surface area (Å²) in [6.07, 6.45) is 3.09. The number of likely N-dealkylation sites (tertiary alicyclic amines) is 1. The molecule has 0 aliphatic carbocycles. The summed E-state index contributed by atoms with van der Waals surface area (Å²) >= 11 is 0. The minimum atomic E-state index is -0.644. The summed E-state index contributed by atoms with van der Waals surface area (Å²) < 4.78 is 0. The Labute approximate surface area is 126 Å². The Kier molecular flexibility index (Phi) is 4.88. The quantitative estimate of drug-likeness (QED) is 0.872. The van der Waals surface area contributed by atoms with Crippen LogP contribution in [0.1, 0.15) is 51.1 Å². The number of aromatic hydroxyl groups is 1. The van der Waals surface area contributed by atoms with Crippen LogP contribution < -0.4 is 0 Å². The van der Waals surface area contributed by atoms with Crippen LogP contribution in [0.25, 0.3) is 0 Å². The molecule has 0 radical (unpaired) electrons. The van der Waals surface area contributed by atoms with Crippen LogP contribution in [0.4, 0.5) is 0 Å². The average Bonchev–Trinajstić information content (AvgIpc) is 2.47. The van der Waals surface area contributed by atoms with Crippen LogP contribution in [0.3, 0.4) is 0 Å². The zero-order valence-electron chi connectivity index (χ0n) is 12.9. The number of rotatable bonds is 5.